The quantitative estimate of drug-likeness (QED) is 0.476. The molecule has 4 rings (SSSR count). The molecule has 0 amide bonds. The van der Waals surface area contributed by atoms with Gasteiger partial charge in [-0.15, -0.1) is 0 Å². The van der Waals surface area contributed by atoms with Crippen molar-refractivity contribution in [3.05, 3.63) is 38.3 Å². The van der Waals surface area contributed by atoms with Crippen molar-refractivity contribution in [3.63, 3.8) is 0 Å². The molecule has 166 valence electrons. The predicted octanol–water partition coefficient (Wildman–Crippen LogP) is 2.10. The monoisotopic (exact) mass is 443 g/mol. The second-order valence-electron chi connectivity index (χ2n) is 8.69. The summed E-state index contributed by atoms with van der Waals surface area (Å²) in [5.74, 6) is 2.51. The number of H-pyrrole nitrogens is 1. The van der Waals surface area contributed by atoms with Gasteiger partial charge in [-0.3, -0.25) is 14.3 Å². The fourth-order valence-corrected chi connectivity index (χ4v) is 5.36. The summed E-state index contributed by atoms with van der Waals surface area (Å²) in [4.78, 5) is 43.3. The van der Waals surface area contributed by atoms with Crippen molar-refractivity contribution in [2.45, 2.75) is 45.8 Å². The molecule has 4 heterocycles. The molecular weight excluding hydrogens is 414 g/mol. The highest BCUT2D eigenvalue weighted by atomic mass is 32.2. The standard InChI is InChI=1S/C21H29N7O2S/c1-12-8-13(2)11-27(10-12)20-24-17-16(18(29)25-21(30)26(17)5)28(20)6-7-31-19-22-14(3)9-15(4)23-19/h9,12-13H,6-8,10-11H2,1-5H3,(H,25,29,30)/t12-,13-/m1/s1. The van der Waals surface area contributed by atoms with Crippen LogP contribution in [0.25, 0.3) is 11.2 Å². The first-order valence-electron chi connectivity index (χ1n) is 10.6. The zero-order chi connectivity index (χ0) is 22.3. The second kappa shape index (κ2) is 8.49. The van der Waals surface area contributed by atoms with E-state index in [4.69, 9.17) is 4.98 Å². The maximum Gasteiger partial charge on any atom is 0.329 e. The molecule has 0 radical (unpaired) electrons. The van der Waals surface area contributed by atoms with Crippen LogP contribution >= 0.6 is 11.8 Å². The molecule has 0 aromatic carbocycles. The van der Waals surface area contributed by atoms with Crippen LogP contribution in [0.5, 0.6) is 0 Å². The van der Waals surface area contributed by atoms with Gasteiger partial charge in [-0.2, -0.15) is 4.98 Å². The number of aromatic amines is 1. The zero-order valence-corrected chi connectivity index (χ0v) is 19.5. The summed E-state index contributed by atoms with van der Waals surface area (Å²) < 4.78 is 3.36. The summed E-state index contributed by atoms with van der Waals surface area (Å²) in [6.07, 6.45) is 1.18. The minimum Gasteiger partial charge on any atom is -0.342 e. The number of anilines is 1. The molecule has 0 unspecified atom stereocenters. The first-order chi connectivity index (χ1) is 14.7. The van der Waals surface area contributed by atoms with Gasteiger partial charge in [0.1, 0.15) is 0 Å². The van der Waals surface area contributed by atoms with Gasteiger partial charge in [0.25, 0.3) is 5.56 Å². The van der Waals surface area contributed by atoms with Gasteiger partial charge in [-0.25, -0.2) is 14.8 Å². The Bertz CT molecular complexity index is 1200. The second-order valence-corrected chi connectivity index (χ2v) is 9.75. The molecule has 1 aliphatic rings. The molecule has 0 saturated carbocycles. The number of aromatic nitrogens is 6. The van der Waals surface area contributed by atoms with Crippen molar-refractivity contribution in [2.24, 2.45) is 18.9 Å². The Morgan fingerprint density at radius 3 is 2.39 bits per heavy atom. The number of imidazole rings is 1. The van der Waals surface area contributed by atoms with Crippen LogP contribution in [0.1, 0.15) is 31.7 Å². The van der Waals surface area contributed by atoms with Gasteiger partial charge in [0.2, 0.25) is 5.95 Å². The number of fused-ring (bicyclic) bond motifs is 1. The number of hydrogen-bond donors (Lipinski definition) is 1. The highest BCUT2D eigenvalue weighted by Gasteiger charge is 2.27. The van der Waals surface area contributed by atoms with E-state index in [2.05, 4.69) is 33.7 Å². The molecule has 1 fully saturated rings. The van der Waals surface area contributed by atoms with Crippen molar-refractivity contribution in [1.82, 2.24) is 29.1 Å². The van der Waals surface area contributed by atoms with E-state index in [0.29, 0.717) is 35.3 Å². The first-order valence-corrected chi connectivity index (χ1v) is 11.6. The van der Waals surface area contributed by atoms with Crippen LogP contribution in [0.2, 0.25) is 0 Å². The van der Waals surface area contributed by atoms with E-state index in [0.717, 1.165) is 35.6 Å². The van der Waals surface area contributed by atoms with E-state index in [1.165, 1.54) is 11.0 Å². The third-order valence-electron chi connectivity index (χ3n) is 5.65. The number of nitrogens with one attached hydrogen (secondary N) is 1. The number of piperidine rings is 1. The zero-order valence-electron chi connectivity index (χ0n) is 18.7. The van der Waals surface area contributed by atoms with Crippen molar-refractivity contribution >= 4 is 28.9 Å². The summed E-state index contributed by atoms with van der Waals surface area (Å²) in [5.41, 5.74) is 1.87. The Morgan fingerprint density at radius 1 is 1.10 bits per heavy atom. The molecule has 1 saturated heterocycles. The van der Waals surface area contributed by atoms with Crippen LogP contribution in [-0.4, -0.2) is 47.9 Å². The lowest BCUT2D eigenvalue weighted by Crippen LogP contribution is -2.40. The van der Waals surface area contributed by atoms with Crippen LogP contribution in [-0.2, 0) is 13.6 Å². The summed E-state index contributed by atoms with van der Waals surface area (Å²) >= 11 is 1.56. The number of rotatable bonds is 5. The van der Waals surface area contributed by atoms with E-state index in [-0.39, 0.29) is 0 Å². The molecule has 0 aliphatic carbocycles. The molecule has 9 nitrogen and oxygen atoms in total. The molecule has 2 atom stereocenters. The lowest BCUT2D eigenvalue weighted by atomic mass is 9.92. The number of nitrogens with zero attached hydrogens (tertiary/aromatic N) is 6. The van der Waals surface area contributed by atoms with Gasteiger partial charge in [-0.05, 0) is 38.2 Å². The predicted molar refractivity (Wildman–Crippen MR) is 123 cm³/mol. The molecule has 10 heteroatoms. The molecule has 3 aromatic rings. The average Bonchev–Trinajstić information content (AvgIpc) is 3.05. The van der Waals surface area contributed by atoms with Gasteiger partial charge in [0, 0.05) is 43.8 Å². The minimum atomic E-state index is -0.452. The first kappa shape index (κ1) is 21.6. The van der Waals surface area contributed by atoms with Crippen molar-refractivity contribution < 1.29 is 0 Å². The Hall–Kier alpha value is -2.62. The van der Waals surface area contributed by atoms with Crippen molar-refractivity contribution in [2.75, 3.05) is 23.7 Å². The highest BCUT2D eigenvalue weighted by molar-refractivity contribution is 7.99. The van der Waals surface area contributed by atoms with Gasteiger partial charge in [-0.1, -0.05) is 25.6 Å². The molecule has 3 aromatic heterocycles. The Labute approximate surface area is 184 Å². The average molecular weight is 444 g/mol. The lowest BCUT2D eigenvalue weighted by Gasteiger charge is -2.35. The molecule has 1 N–H and O–H groups in total. The summed E-state index contributed by atoms with van der Waals surface area (Å²) in [6.45, 7) is 10.7. The normalized spacial score (nSPS) is 19.3. The third kappa shape index (κ3) is 4.39. The molecule has 0 spiro atoms. The molecule has 0 bridgehead atoms. The fourth-order valence-electron chi connectivity index (χ4n) is 4.49. The van der Waals surface area contributed by atoms with E-state index in [1.807, 2.05) is 24.5 Å². The molecular formula is C21H29N7O2S. The van der Waals surface area contributed by atoms with Crippen LogP contribution in [0.3, 0.4) is 0 Å². The van der Waals surface area contributed by atoms with Gasteiger partial charge < -0.3 is 9.47 Å². The summed E-state index contributed by atoms with van der Waals surface area (Å²) in [6, 6.07) is 1.95. The maximum atomic E-state index is 12.7. The van der Waals surface area contributed by atoms with Crippen molar-refractivity contribution in [1.29, 1.82) is 0 Å². The van der Waals surface area contributed by atoms with Gasteiger partial charge >= 0.3 is 5.69 Å². The van der Waals surface area contributed by atoms with E-state index >= 15 is 0 Å². The highest BCUT2D eigenvalue weighted by Crippen LogP contribution is 2.28. The molecule has 31 heavy (non-hydrogen) atoms. The number of aryl methyl sites for hydroxylation is 4. The van der Waals surface area contributed by atoms with Crippen molar-refractivity contribution in [3.8, 4) is 0 Å². The van der Waals surface area contributed by atoms with E-state index < -0.39 is 11.2 Å². The minimum absolute atomic E-state index is 0.400. The largest absolute Gasteiger partial charge is 0.342 e. The van der Waals surface area contributed by atoms with Crippen LogP contribution in [0, 0.1) is 25.7 Å². The Kier molecular flexibility index (Phi) is 5.92. The topological polar surface area (TPSA) is 102 Å². The van der Waals surface area contributed by atoms with Crippen LogP contribution < -0.4 is 16.1 Å². The Morgan fingerprint density at radius 2 is 1.74 bits per heavy atom. The maximum absolute atomic E-state index is 12.7. The van der Waals surface area contributed by atoms with Crippen LogP contribution in [0.4, 0.5) is 5.95 Å². The number of hydrogen-bond acceptors (Lipinski definition) is 7. The summed E-state index contributed by atoms with van der Waals surface area (Å²) in [5, 5.41) is 0.727. The Balaban J connectivity index is 1.72. The smallest absolute Gasteiger partial charge is 0.329 e. The van der Waals surface area contributed by atoms with E-state index in [1.54, 1.807) is 18.8 Å². The van der Waals surface area contributed by atoms with Gasteiger partial charge in [0.15, 0.2) is 16.3 Å². The SMILES string of the molecule is Cc1cc(C)nc(SCCn2c(N3C[C@H](C)C[C@@H](C)C3)nc3c2c(=O)[nH]c(=O)n3C)n1. The number of thioether (sulfide) groups is 1. The fraction of sp³-hybridized carbons (Fsp3) is 0.571. The third-order valence-corrected chi connectivity index (χ3v) is 6.47. The lowest BCUT2D eigenvalue weighted by molar-refractivity contribution is 0.352. The van der Waals surface area contributed by atoms with Crippen LogP contribution in [0.15, 0.2) is 20.8 Å². The molecule has 1 aliphatic heterocycles. The summed E-state index contributed by atoms with van der Waals surface area (Å²) in [7, 11) is 1.64. The van der Waals surface area contributed by atoms with E-state index in [9.17, 15) is 9.59 Å². The van der Waals surface area contributed by atoms with Gasteiger partial charge in [0.05, 0.1) is 0 Å².